The van der Waals surface area contributed by atoms with Crippen LogP contribution < -0.4 is 5.32 Å². The Morgan fingerprint density at radius 3 is 2.13 bits per heavy atom. The van der Waals surface area contributed by atoms with Crippen molar-refractivity contribution in [3.63, 3.8) is 0 Å². The van der Waals surface area contributed by atoms with Crippen LogP contribution in [0.15, 0.2) is 12.1 Å². The lowest BCUT2D eigenvalue weighted by atomic mass is 10.00. The second-order valence-electron chi connectivity index (χ2n) is 4.88. The van der Waals surface area contributed by atoms with E-state index in [0.29, 0.717) is 26.2 Å². The van der Waals surface area contributed by atoms with Crippen LogP contribution in [0.4, 0.5) is 17.6 Å². The molecule has 1 atom stereocenters. The predicted octanol–water partition coefficient (Wildman–Crippen LogP) is 4.87. The number of nitrogens with one attached hydrogen (secondary N) is 1. The standard InChI is InChI=1S/C13H14Cl2F4N2.2ClH/c14-8-1-2-9(15)12(16)11(8)10(7-13(17,18)19)21-5-3-20-4-6-21;;/h1-2,10,20H,3-7H2;2*1H/t10-;;/m1../s1. The van der Waals surface area contributed by atoms with E-state index in [4.69, 9.17) is 23.2 Å². The molecule has 1 N–H and O–H groups in total. The first-order valence-electron chi connectivity index (χ1n) is 6.44. The van der Waals surface area contributed by atoms with Gasteiger partial charge in [0.05, 0.1) is 11.4 Å². The molecular weight excluding hydrogens is 402 g/mol. The topological polar surface area (TPSA) is 15.3 Å². The van der Waals surface area contributed by atoms with E-state index in [1.54, 1.807) is 4.90 Å². The second-order valence-corrected chi connectivity index (χ2v) is 5.69. The zero-order chi connectivity index (χ0) is 15.6. The van der Waals surface area contributed by atoms with Gasteiger partial charge in [-0.25, -0.2) is 4.39 Å². The molecule has 0 spiro atoms. The van der Waals surface area contributed by atoms with Gasteiger partial charge in [0.15, 0.2) is 0 Å². The summed E-state index contributed by atoms with van der Waals surface area (Å²) in [7, 11) is 0. The fraction of sp³-hybridized carbons (Fsp3) is 0.538. The van der Waals surface area contributed by atoms with Crippen molar-refractivity contribution in [2.75, 3.05) is 26.2 Å². The Labute approximate surface area is 154 Å². The highest BCUT2D eigenvalue weighted by Crippen LogP contribution is 2.39. The van der Waals surface area contributed by atoms with E-state index in [-0.39, 0.29) is 40.4 Å². The Bertz CT molecular complexity index is 507. The van der Waals surface area contributed by atoms with Crippen LogP contribution >= 0.6 is 48.0 Å². The number of rotatable bonds is 3. The summed E-state index contributed by atoms with van der Waals surface area (Å²) in [4.78, 5) is 1.59. The normalized spacial score (nSPS) is 17.1. The second kappa shape index (κ2) is 9.49. The molecule has 1 aromatic rings. The minimum absolute atomic E-state index is 0. The zero-order valence-electron chi connectivity index (χ0n) is 11.8. The molecule has 0 aromatic heterocycles. The molecule has 0 bridgehead atoms. The molecule has 1 aliphatic rings. The molecule has 0 amide bonds. The molecule has 2 nitrogen and oxygen atoms in total. The third kappa shape index (κ3) is 6.11. The van der Waals surface area contributed by atoms with Crippen molar-refractivity contribution >= 4 is 48.0 Å². The van der Waals surface area contributed by atoms with Crippen LogP contribution in [0.2, 0.25) is 10.0 Å². The minimum atomic E-state index is -4.42. The summed E-state index contributed by atoms with van der Waals surface area (Å²) < 4.78 is 52.8. The van der Waals surface area contributed by atoms with Gasteiger partial charge >= 0.3 is 6.18 Å². The van der Waals surface area contributed by atoms with Crippen LogP contribution in [0, 0.1) is 5.82 Å². The molecular formula is C13H16Cl4F4N2. The fourth-order valence-corrected chi connectivity index (χ4v) is 2.91. The van der Waals surface area contributed by atoms with E-state index in [1.165, 1.54) is 12.1 Å². The predicted molar refractivity (Wildman–Crippen MR) is 88.8 cm³/mol. The van der Waals surface area contributed by atoms with E-state index in [1.807, 2.05) is 0 Å². The van der Waals surface area contributed by atoms with Crippen LogP contribution in [0.25, 0.3) is 0 Å². The highest BCUT2D eigenvalue weighted by molar-refractivity contribution is 6.33. The van der Waals surface area contributed by atoms with Crippen LogP contribution in [0.1, 0.15) is 18.0 Å². The lowest BCUT2D eigenvalue weighted by Gasteiger charge is -2.36. The lowest BCUT2D eigenvalue weighted by molar-refractivity contribution is -0.149. The molecule has 0 saturated carbocycles. The first kappa shape index (κ1) is 23.0. The van der Waals surface area contributed by atoms with Gasteiger partial charge in [-0.2, -0.15) is 13.2 Å². The van der Waals surface area contributed by atoms with Gasteiger partial charge in [0, 0.05) is 42.8 Å². The van der Waals surface area contributed by atoms with E-state index in [9.17, 15) is 17.6 Å². The number of alkyl halides is 3. The zero-order valence-corrected chi connectivity index (χ0v) is 14.9. The fourth-order valence-electron chi connectivity index (χ4n) is 2.47. The molecule has 0 aliphatic carbocycles. The van der Waals surface area contributed by atoms with Crippen LogP contribution in [-0.2, 0) is 0 Å². The van der Waals surface area contributed by atoms with E-state index in [2.05, 4.69) is 5.32 Å². The van der Waals surface area contributed by atoms with Crippen molar-refractivity contribution in [3.05, 3.63) is 33.6 Å². The average molecular weight is 418 g/mol. The maximum atomic E-state index is 14.2. The van der Waals surface area contributed by atoms with E-state index < -0.39 is 24.5 Å². The number of benzene rings is 1. The largest absolute Gasteiger partial charge is 0.390 e. The summed E-state index contributed by atoms with van der Waals surface area (Å²) in [5.41, 5.74) is -0.177. The maximum Gasteiger partial charge on any atom is 0.390 e. The van der Waals surface area contributed by atoms with Crippen molar-refractivity contribution < 1.29 is 17.6 Å². The average Bonchev–Trinajstić information content (AvgIpc) is 2.42. The number of piperazine rings is 1. The number of hydrogen-bond donors (Lipinski definition) is 1. The quantitative estimate of drug-likeness (QED) is 0.557. The molecule has 2 rings (SSSR count). The van der Waals surface area contributed by atoms with Gasteiger partial charge in [0.2, 0.25) is 0 Å². The Balaban J connectivity index is 0.00000242. The summed E-state index contributed by atoms with van der Waals surface area (Å²) in [5.74, 6) is -0.878. The Hall–Kier alpha value is 0.0200. The summed E-state index contributed by atoms with van der Waals surface area (Å²) >= 11 is 11.6. The number of nitrogens with zero attached hydrogens (tertiary/aromatic N) is 1. The Morgan fingerprint density at radius 2 is 1.61 bits per heavy atom. The highest BCUT2D eigenvalue weighted by atomic mass is 35.5. The molecule has 23 heavy (non-hydrogen) atoms. The van der Waals surface area contributed by atoms with Crippen LogP contribution in [-0.4, -0.2) is 37.3 Å². The Morgan fingerprint density at radius 1 is 1.09 bits per heavy atom. The van der Waals surface area contributed by atoms with Crippen molar-refractivity contribution in [2.45, 2.75) is 18.6 Å². The van der Waals surface area contributed by atoms with Crippen molar-refractivity contribution in [1.29, 1.82) is 0 Å². The maximum absolute atomic E-state index is 14.2. The van der Waals surface area contributed by atoms with Gasteiger partial charge in [0.1, 0.15) is 5.82 Å². The molecule has 1 fully saturated rings. The third-order valence-corrected chi connectivity index (χ3v) is 4.05. The minimum Gasteiger partial charge on any atom is -0.314 e. The first-order chi connectivity index (χ1) is 9.79. The van der Waals surface area contributed by atoms with Gasteiger partial charge in [0.25, 0.3) is 0 Å². The molecule has 0 unspecified atom stereocenters. The molecule has 134 valence electrons. The van der Waals surface area contributed by atoms with Crippen LogP contribution in [0.5, 0.6) is 0 Å². The highest BCUT2D eigenvalue weighted by Gasteiger charge is 2.38. The van der Waals surface area contributed by atoms with Gasteiger partial charge < -0.3 is 5.32 Å². The molecule has 1 aromatic carbocycles. The monoisotopic (exact) mass is 416 g/mol. The summed E-state index contributed by atoms with van der Waals surface area (Å²) in [6, 6.07) is 1.40. The molecule has 0 radical (unpaired) electrons. The molecule has 1 saturated heterocycles. The van der Waals surface area contributed by atoms with Crippen molar-refractivity contribution in [2.24, 2.45) is 0 Å². The van der Waals surface area contributed by atoms with Crippen molar-refractivity contribution in [1.82, 2.24) is 10.2 Å². The first-order valence-corrected chi connectivity index (χ1v) is 7.20. The van der Waals surface area contributed by atoms with E-state index >= 15 is 0 Å². The third-order valence-electron chi connectivity index (χ3n) is 3.43. The van der Waals surface area contributed by atoms with Crippen molar-refractivity contribution in [3.8, 4) is 0 Å². The molecule has 10 heteroatoms. The van der Waals surface area contributed by atoms with Gasteiger partial charge in [-0.1, -0.05) is 23.2 Å². The van der Waals surface area contributed by atoms with Gasteiger partial charge in [-0.05, 0) is 12.1 Å². The Kier molecular flexibility index (Phi) is 9.50. The smallest absolute Gasteiger partial charge is 0.314 e. The van der Waals surface area contributed by atoms with E-state index in [0.717, 1.165) is 0 Å². The van der Waals surface area contributed by atoms with Gasteiger partial charge in [-0.3, -0.25) is 4.90 Å². The van der Waals surface area contributed by atoms with Crippen LogP contribution in [0.3, 0.4) is 0 Å². The summed E-state index contributed by atoms with van der Waals surface area (Å²) in [6.45, 7) is 1.88. The van der Waals surface area contributed by atoms with Gasteiger partial charge in [-0.15, -0.1) is 24.8 Å². The number of halogens is 8. The number of hydrogen-bond acceptors (Lipinski definition) is 2. The molecule has 1 heterocycles. The molecule has 1 aliphatic heterocycles. The summed E-state index contributed by atoms with van der Waals surface area (Å²) in [6.07, 6.45) is -5.59. The summed E-state index contributed by atoms with van der Waals surface area (Å²) in [5, 5.41) is 2.79. The lowest BCUT2D eigenvalue weighted by Crippen LogP contribution is -2.46. The SMILES string of the molecule is Cl.Cl.Fc1c(Cl)ccc(Cl)c1[C@@H](CC(F)(F)F)N1CCNCC1.